The summed E-state index contributed by atoms with van der Waals surface area (Å²) in [6, 6.07) is 44.8. The fourth-order valence-corrected chi connectivity index (χ4v) is 12.4. The maximum absolute atomic E-state index is 12.9. The van der Waals surface area contributed by atoms with Crippen molar-refractivity contribution in [3.8, 4) is 51.7 Å². The van der Waals surface area contributed by atoms with Gasteiger partial charge in [0.1, 0.15) is 111 Å². The van der Waals surface area contributed by atoms with Crippen molar-refractivity contribution in [2.45, 2.75) is 59.5 Å². The second-order valence-electron chi connectivity index (χ2n) is 27.1. The van der Waals surface area contributed by atoms with Crippen molar-refractivity contribution in [3.05, 3.63) is 299 Å². The van der Waals surface area contributed by atoms with Crippen LogP contribution in [0.4, 0.5) is 0 Å². The molecule has 0 bridgehead atoms. The molecule has 33 heteroatoms. The Balaban J connectivity index is 1.06. The van der Waals surface area contributed by atoms with Gasteiger partial charge in [-0.1, -0.05) is 0 Å². The molecule has 0 aliphatic heterocycles. The number of hydrogen-bond donors (Lipinski definition) is 0. The van der Waals surface area contributed by atoms with E-state index in [1.54, 1.807) is 72.8 Å². The zero-order valence-corrected chi connectivity index (χ0v) is 70.2. The molecular formula is C93H84O33. The first-order valence-corrected chi connectivity index (χ1v) is 37.7. The van der Waals surface area contributed by atoms with Gasteiger partial charge in [-0.05, 0) is 232 Å². The first kappa shape index (κ1) is 92.3. The van der Waals surface area contributed by atoms with Gasteiger partial charge in [0.25, 0.3) is 0 Å². The lowest BCUT2D eigenvalue weighted by molar-refractivity contribution is 0.0580. The van der Waals surface area contributed by atoms with E-state index < -0.39 is 71.6 Å². The van der Waals surface area contributed by atoms with Crippen LogP contribution in [0, 0.1) is 0 Å². The molecule has 126 heavy (non-hydrogen) atoms. The van der Waals surface area contributed by atoms with Crippen molar-refractivity contribution in [2.24, 2.45) is 0 Å². The predicted octanol–water partition coefficient (Wildman–Crippen LogP) is 13.3. The molecule has 0 radical (unpaired) electrons. The minimum Gasteiger partial charge on any atom is -0.489 e. The van der Waals surface area contributed by atoms with E-state index >= 15 is 0 Å². The minimum absolute atomic E-state index is 0.0168. The zero-order valence-electron chi connectivity index (χ0n) is 70.2. The first-order valence-electron chi connectivity index (χ1n) is 37.7. The number of benzene rings is 10. The smallest absolute Gasteiger partial charge is 0.338 e. The second kappa shape index (κ2) is 44.0. The standard InChI is InChI=1S/C93H84O33/c1-106-82(94)61-25-62(83(95)107-2)32-76(31-61)121-46-55-16-56(47-122-77-33-63(84(96)108-3)26-64(34-77)85(97)109-4)20-73(19-55)118-43-52-13-53(44-119-74-21-57(48-123-78-35-65(86(98)110-5)27-66(36-78)87(99)111-6)17-58(22-74)49-124-79-37-67(88(100)112-7)28-68(38-79)89(101)113-8)15-54(14-52)45-120-75-23-59(50-125-80-39-69(90(102)114-9)29-70(40-80)91(103)115-10)18-60(24-75)51-126-81-41-71(92(104)116-11)30-72(42-81)93(105)117-12/h13-42H,43-51H2,1-12H3. The van der Waals surface area contributed by atoms with Gasteiger partial charge in [-0.3, -0.25) is 0 Å². The van der Waals surface area contributed by atoms with Crippen LogP contribution >= 0.6 is 0 Å². The normalized spacial score (nSPS) is 10.6. The van der Waals surface area contributed by atoms with E-state index in [-0.39, 0.29) is 178 Å². The van der Waals surface area contributed by atoms with Crippen LogP contribution in [0.25, 0.3) is 0 Å². The number of hydrogen-bond acceptors (Lipinski definition) is 33. The molecule has 10 aromatic rings. The van der Waals surface area contributed by atoms with Crippen molar-refractivity contribution < 1.29 is 157 Å². The highest BCUT2D eigenvalue weighted by Gasteiger charge is 2.24. The van der Waals surface area contributed by atoms with Gasteiger partial charge in [0.15, 0.2) is 0 Å². The summed E-state index contributed by atoms with van der Waals surface area (Å²) in [6.45, 7) is -1.85. The SMILES string of the molecule is COC(=O)c1cc(OCc2cc(COc3cc(C(=O)OC)cc(C(=O)OC)c3)cc(OCc3cc(COc4cc(COc5cc(C(=O)OC)cc(C(=O)OC)c5)cc(COc5cc(C(=O)OC)cc(C(=O)OC)c5)c4)cc(COc4cc(COc5cc(C(=O)OC)cc(C(=O)OC)c5)cc(COc5cc(C(=O)OC)cc(C(=O)OC)c5)c4)c3)c2)cc(C(=O)OC)c1. The van der Waals surface area contributed by atoms with Gasteiger partial charge in [-0.15, -0.1) is 0 Å². The summed E-state index contributed by atoms with van der Waals surface area (Å²) in [6.07, 6.45) is 0. The number of esters is 12. The van der Waals surface area contributed by atoms with Crippen molar-refractivity contribution in [2.75, 3.05) is 85.3 Å². The maximum atomic E-state index is 12.9. The molecule has 0 aliphatic carbocycles. The largest absolute Gasteiger partial charge is 0.489 e. The van der Waals surface area contributed by atoms with Crippen LogP contribution in [-0.2, 0) is 116 Å². The number of carbonyl (C=O) groups excluding carboxylic acids is 12. The topological polar surface area (TPSA) is 399 Å². The Morgan fingerprint density at radius 1 is 0.135 bits per heavy atom. The fraction of sp³-hybridized carbons (Fsp3) is 0.226. The highest BCUT2D eigenvalue weighted by molar-refractivity contribution is 6.00. The van der Waals surface area contributed by atoms with Gasteiger partial charge in [0.2, 0.25) is 0 Å². The van der Waals surface area contributed by atoms with E-state index in [1.807, 2.05) is 0 Å². The second-order valence-corrected chi connectivity index (χ2v) is 27.1. The van der Waals surface area contributed by atoms with Crippen molar-refractivity contribution in [1.82, 2.24) is 0 Å². The van der Waals surface area contributed by atoms with Crippen LogP contribution in [0.2, 0.25) is 0 Å². The molecule has 10 aromatic carbocycles. The molecule has 33 nitrogen and oxygen atoms in total. The van der Waals surface area contributed by atoms with Gasteiger partial charge < -0.3 is 99.5 Å². The Kier molecular flexibility index (Phi) is 32.3. The molecule has 0 aromatic heterocycles. The van der Waals surface area contributed by atoms with E-state index in [1.165, 1.54) is 195 Å². The van der Waals surface area contributed by atoms with Gasteiger partial charge in [-0.2, -0.15) is 0 Å². The van der Waals surface area contributed by atoms with E-state index in [0.29, 0.717) is 50.1 Å². The lowest BCUT2D eigenvalue weighted by Crippen LogP contribution is -2.09. The Hall–Kier alpha value is -16.0. The molecule has 0 amide bonds. The van der Waals surface area contributed by atoms with Crippen LogP contribution in [0.1, 0.15) is 174 Å². The summed E-state index contributed by atoms with van der Waals surface area (Å²) in [7, 11) is 14.1. The van der Waals surface area contributed by atoms with Crippen LogP contribution < -0.4 is 42.6 Å². The highest BCUT2D eigenvalue weighted by atomic mass is 16.6. The molecule has 0 fully saturated rings. The number of ether oxygens (including phenoxy) is 21. The average molecular weight is 1730 g/mol. The Bertz CT molecular complexity index is 4710. The average Bonchev–Trinajstić information content (AvgIpc) is 0.841. The van der Waals surface area contributed by atoms with Gasteiger partial charge in [-0.25, -0.2) is 57.5 Å². The molecule has 0 saturated heterocycles. The number of rotatable bonds is 39. The van der Waals surface area contributed by atoms with E-state index in [9.17, 15) is 57.5 Å². The molecule has 0 aliphatic rings. The van der Waals surface area contributed by atoms with E-state index in [2.05, 4.69) is 0 Å². The molecule has 0 heterocycles. The number of carbonyl (C=O) groups is 12. The molecule has 0 unspecified atom stereocenters. The third-order valence-corrected chi connectivity index (χ3v) is 18.3. The van der Waals surface area contributed by atoms with E-state index in [4.69, 9.17) is 99.5 Å². The molecule has 654 valence electrons. The molecule has 0 saturated carbocycles. The molecule has 10 rings (SSSR count). The monoisotopic (exact) mass is 1730 g/mol. The molecular weight excluding hydrogens is 1640 g/mol. The van der Waals surface area contributed by atoms with Gasteiger partial charge >= 0.3 is 71.6 Å². The van der Waals surface area contributed by atoms with E-state index in [0.717, 1.165) is 0 Å². The molecule has 0 atom stereocenters. The van der Waals surface area contributed by atoms with Gasteiger partial charge in [0.05, 0.1) is 152 Å². The van der Waals surface area contributed by atoms with Crippen molar-refractivity contribution in [1.29, 1.82) is 0 Å². The Morgan fingerprint density at radius 3 is 0.317 bits per heavy atom. The van der Waals surface area contributed by atoms with Crippen LogP contribution in [0.15, 0.2) is 182 Å². The third kappa shape index (κ3) is 25.3. The summed E-state index contributed by atoms with van der Waals surface area (Å²) in [4.78, 5) is 155. The summed E-state index contributed by atoms with van der Waals surface area (Å²) < 4.78 is 117. The first-order chi connectivity index (χ1) is 60.7. The van der Waals surface area contributed by atoms with Crippen LogP contribution in [0.5, 0.6) is 51.7 Å². The Labute approximate surface area is 720 Å². The molecule has 0 spiro atoms. The highest BCUT2D eigenvalue weighted by Crippen LogP contribution is 2.33. The molecule has 0 N–H and O–H groups in total. The Morgan fingerprint density at radius 2 is 0.222 bits per heavy atom. The van der Waals surface area contributed by atoms with Crippen LogP contribution in [-0.4, -0.2) is 157 Å². The predicted molar refractivity (Wildman–Crippen MR) is 439 cm³/mol. The summed E-state index contributed by atoms with van der Waals surface area (Å²) in [5.74, 6) is -8.02. The fourth-order valence-electron chi connectivity index (χ4n) is 12.4. The zero-order chi connectivity index (χ0) is 90.7. The van der Waals surface area contributed by atoms with Crippen molar-refractivity contribution >= 4 is 71.6 Å². The summed E-state index contributed by atoms with van der Waals surface area (Å²) in [5, 5.41) is 0. The third-order valence-electron chi connectivity index (χ3n) is 18.3. The minimum atomic E-state index is -0.767. The quantitative estimate of drug-likeness (QED) is 0.0255. The van der Waals surface area contributed by atoms with Crippen molar-refractivity contribution in [3.63, 3.8) is 0 Å². The van der Waals surface area contributed by atoms with Gasteiger partial charge in [0, 0.05) is 0 Å². The van der Waals surface area contributed by atoms with Crippen LogP contribution in [0.3, 0.4) is 0 Å². The summed E-state index contributed by atoms with van der Waals surface area (Å²) >= 11 is 0. The summed E-state index contributed by atoms with van der Waals surface area (Å²) in [5.41, 5.74) is 4.12. The maximum Gasteiger partial charge on any atom is 0.338 e. The number of methoxy groups -OCH3 is 12. The lowest BCUT2D eigenvalue weighted by atomic mass is 10.1. The lowest BCUT2D eigenvalue weighted by Gasteiger charge is -2.17.